The van der Waals surface area contributed by atoms with Gasteiger partial charge in [-0.3, -0.25) is 9.78 Å². The molecule has 0 saturated carbocycles. The molecule has 0 aliphatic rings. The monoisotopic (exact) mass is 234 g/mol. The van der Waals surface area contributed by atoms with Gasteiger partial charge >= 0.3 is 10.5 Å². The molecule has 1 aromatic carbocycles. The number of hydrogen-bond donors (Lipinski definition) is 0. The first-order valence-corrected chi connectivity index (χ1v) is 5.41. The van der Waals surface area contributed by atoms with Crippen LogP contribution in [0.3, 0.4) is 0 Å². The lowest BCUT2D eigenvalue weighted by molar-refractivity contribution is 0.101. The van der Waals surface area contributed by atoms with Crippen LogP contribution in [0.1, 0.15) is 10.4 Å². The minimum absolute atomic E-state index is 0.231. The molecule has 0 aliphatic heterocycles. The van der Waals surface area contributed by atoms with Crippen molar-refractivity contribution in [3.63, 3.8) is 0 Å². The van der Waals surface area contributed by atoms with Crippen molar-refractivity contribution in [2.75, 3.05) is 0 Å². The number of amides is 1. The molecule has 0 N–H and O–H groups in total. The Morgan fingerprint density at radius 2 is 1.94 bits per heavy atom. The van der Waals surface area contributed by atoms with Crippen LogP contribution in [-0.4, -0.2) is 19.3 Å². The zero-order chi connectivity index (χ0) is 11.5. The molecule has 0 unspecified atom stereocenters. The molecule has 2 aromatic rings. The molecule has 1 aromatic heterocycles. The number of para-hydroxylation sites is 1. The number of carbonyl (C=O) groups excluding carboxylic acids is 1. The maximum Gasteiger partial charge on any atom is 0.319 e. The Morgan fingerprint density at radius 1 is 1.19 bits per heavy atom. The Hall–Kier alpha value is -2.08. The fourth-order valence-electron chi connectivity index (χ4n) is 1.40. The summed E-state index contributed by atoms with van der Waals surface area (Å²) >= 11 is 0. The maximum absolute atomic E-state index is 11.5. The Kier molecular flexibility index (Phi) is 2.74. The molecule has 2 rings (SSSR count). The highest BCUT2D eigenvalue weighted by molar-refractivity contribution is 7.62. The quantitative estimate of drug-likeness (QED) is 0.748. The largest absolute Gasteiger partial charge is 0.319 e. The van der Waals surface area contributed by atoms with Gasteiger partial charge in [-0.15, -0.1) is 0 Å². The summed E-state index contributed by atoms with van der Waals surface area (Å²) < 4.78 is 23.6. The number of hydrogen-bond acceptors (Lipinski definition) is 4. The minimum atomic E-state index is -2.73. The first-order valence-electron chi connectivity index (χ1n) is 4.37. The van der Waals surface area contributed by atoms with Gasteiger partial charge in [0.2, 0.25) is 0 Å². The van der Waals surface area contributed by atoms with Crippen molar-refractivity contribution in [2.45, 2.75) is 0 Å². The zero-order valence-electron chi connectivity index (χ0n) is 7.99. The van der Waals surface area contributed by atoms with Gasteiger partial charge in [0.15, 0.2) is 0 Å². The van der Waals surface area contributed by atoms with Crippen molar-refractivity contribution in [1.82, 2.24) is 4.98 Å². The van der Waals surface area contributed by atoms with Crippen molar-refractivity contribution < 1.29 is 13.2 Å². The number of aromatic nitrogens is 1. The number of nitrogens with zero attached hydrogens (tertiary/aromatic N) is 2. The summed E-state index contributed by atoms with van der Waals surface area (Å²) in [5.74, 6) is -0.785. The second-order valence-electron chi connectivity index (χ2n) is 2.99. The standard InChI is InChI=1S/C10H6N2O3S/c13-10(12-16(14)15)8-5-6-11-9-4-2-1-3-7(8)9/h1-6H. The van der Waals surface area contributed by atoms with Crippen LogP contribution in [0.4, 0.5) is 0 Å². The van der Waals surface area contributed by atoms with E-state index < -0.39 is 16.4 Å². The Balaban J connectivity index is 2.70. The molecule has 0 bridgehead atoms. The van der Waals surface area contributed by atoms with Gasteiger partial charge in [-0.2, -0.15) is 8.42 Å². The fraction of sp³-hybridized carbons (Fsp3) is 0. The van der Waals surface area contributed by atoms with Crippen LogP contribution in [0.15, 0.2) is 40.9 Å². The molecule has 0 saturated heterocycles. The van der Waals surface area contributed by atoms with Crippen LogP contribution in [-0.2, 0) is 10.5 Å². The van der Waals surface area contributed by atoms with E-state index in [1.807, 2.05) is 0 Å². The van der Waals surface area contributed by atoms with Crippen LogP contribution in [0.5, 0.6) is 0 Å². The Bertz CT molecular complexity index is 679. The smallest absolute Gasteiger partial charge is 0.266 e. The van der Waals surface area contributed by atoms with Gasteiger partial charge < -0.3 is 0 Å². The molecule has 1 heterocycles. The van der Waals surface area contributed by atoms with Crippen LogP contribution in [0.2, 0.25) is 0 Å². The highest BCUT2D eigenvalue weighted by Crippen LogP contribution is 2.16. The average Bonchev–Trinajstić information content (AvgIpc) is 2.27. The topological polar surface area (TPSA) is 76.5 Å². The summed E-state index contributed by atoms with van der Waals surface area (Å²) in [5.41, 5.74) is 0.857. The lowest BCUT2D eigenvalue weighted by Crippen LogP contribution is -1.96. The maximum atomic E-state index is 11.5. The molecule has 1 amide bonds. The third-order valence-corrected chi connectivity index (χ3v) is 2.35. The molecule has 6 heteroatoms. The molecular weight excluding hydrogens is 228 g/mol. The second kappa shape index (κ2) is 4.19. The normalized spacial score (nSPS) is 10.0. The third-order valence-electron chi connectivity index (χ3n) is 2.04. The summed E-state index contributed by atoms with van der Waals surface area (Å²) in [7, 11) is -2.73. The predicted molar refractivity (Wildman–Crippen MR) is 57.4 cm³/mol. The molecule has 0 aliphatic carbocycles. The number of fused-ring (bicyclic) bond motifs is 1. The number of pyridine rings is 1. The van der Waals surface area contributed by atoms with E-state index in [0.717, 1.165) is 0 Å². The first kappa shape index (κ1) is 10.4. The molecule has 16 heavy (non-hydrogen) atoms. The summed E-state index contributed by atoms with van der Waals surface area (Å²) in [6.45, 7) is 0. The van der Waals surface area contributed by atoms with Gasteiger partial charge in [-0.05, 0) is 12.1 Å². The zero-order valence-corrected chi connectivity index (χ0v) is 8.81. The fourth-order valence-corrected chi connectivity index (χ4v) is 1.63. The van der Waals surface area contributed by atoms with E-state index in [-0.39, 0.29) is 5.56 Å². The van der Waals surface area contributed by atoms with Gasteiger partial charge in [0.25, 0.3) is 5.91 Å². The van der Waals surface area contributed by atoms with E-state index in [1.165, 1.54) is 12.3 Å². The van der Waals surface area contributed by atoms with E-state index >= 15 is 0 Å². The van der Waals surface area contributed by atoms with Crippen molar-refractivity contribution in [3.05, 3.63) is 42.1 Å². The molecule has 0 atom stereocenters. The highest BCUT2D eigenvalue weighted by atomic mass is 32.2. The number of rotatable bonds is 1. The predicted octanol–water partition coefficient (Wildman–Crippen LogP) is 1.44. The minimum Gasteiger partial charge on any atom is -0.266 e. The van der Waals surface area contributed by atoms with Gasteiger partial charge in [0.05, 0.1) is 11.1 Å². The summed E-state index contributed by atoms with van der Waals surface area (Å²) in [4.78, 5) is 15.5. The van der Waals surface area contributed by atoms with Gasteiger partial charge in [0.1, 0.15) is 0 Å². The summed E-state index contributed by atoms with van der Waals surface area (Å²) in [5, 5.41) is 0.587. The first-order chi connectivity index (χ1) is 7.68. The van der Waals surface area contributed by atoms with Crippen LogP contribution < -0.4 is 0 Å². The summed E-state index contributed by atoms with van der Waals surface area (Å²) in [6.07, 6.45) is 1.44. The van der Waals surface area contributed by atoms with Gasteiger partial charge in [-0.1, -0.05) is 22.6 Å². The lowest BCUT2D eigenvalue weighted by atomic mass is 10.1. The molecule has 0 radical (unpaired) electrons. The molecule has 80 valence electrons. The SMILES string of the molecule is O=C(N=S(=O)=O)c1ccnc2ccccc12. The lowest BCUT2D eigenvalue weighted by Gasteiger charge is -1.99. The van der Waals surface area contributed by atoms with Crippen LogP contribution in [0, 0.1) is 0 Å². The third kappa shape index (κ3) is 1.96. The van der Waals surface area contributed by atoms with E-state index in [0.29, 0.717) is 10.9 Å². The Labute approximate surface area is 92.5 Å². The Morgan fingerprint density at radius 3 is 2.69 bits per heavy atom. The summed E-state index contributed by atoms with van der Waals surface area (Å²) in [6, 6.07) is 8.40. The van der Waals surface area contributed by atoms with Crippen molar-refractivity contribution in [2.24, 2.45) is 4.36 Å². The molecule has 0 fully saturated rings. The van der Waals surface area contributed by atoms with E-state index in [9.17, 15) is 13.2 Å². The number of benzene rings is 1. The van der Waals surface area contributed by atoms with E-state index in [4.69, 9.17) is 0 Å². The van der Waals surface area contributed by atoms with E-state index in [1.54, 1.807) is 24.3 Å². The van der Waals surface area contributed by atoms with E-state index in [2.05, 4.69) is 9.35 Å². The highest BCUT2D eigenvalue weighted by Gasteiger charge is 2.09. The second-order valence-corrected chi connectivity index (χ2v) is 3.61. The van der Waals surface area contributed by atoms with Crippen molar-refractivity contribution in [3.8, 4) is 0 Å². The van der Waals surface area contributed by atoms with Crippen molar-refractivity contribution in [1.29, 1.82) is 0 Å². The molecule has 0 spiro atoms. The van der Waals surface area contributed by atoms with Crippen LogP contribution >= 0.6 is 0 Å². The van der Waals surface area contributed by atoms with Crippen LogP contribution in [0.25, 0.3) is 10.9 Å². The molecular formula is C10H6N2O3S. The molecule has 5 nitrogen and oxygen atoms in total. The van der Waals surface area contributed by atoms with Crippen molar-refractivity contribution >= 4 is 27.3 Å². The average molecular weight is 234 g/mol. The van der Waals surface area contributed by atoms with Gasteiger partial charge in [-0.25, -0.2) is 0 Å². The van der Waals surface area contributed by atoms with Gasteiger partial charge in [0, 0.05) is 11.6 Å². The number of carbonyl (C=O) groups is 1.